The molecule has 0 fully saturated rings. The number of carbonyl (C=O) groups excluding carboxylic acids is 1. The number of hydrogen-bond acceptors (Lipinski definition) is 2. The minimum atomic E-state index is -0.419. The Morgan fingerprint density at radius 3 is 2.96 bits per heavy atom. The van der Waals surface area contributed by atoms with Gasteiger partial charge in [0.05, 0.1) is 17.4 Å². The summed E-state index contributed by atoms with van der Waals surface area (Å²) in [4.78, 5) is 18.5. The molecule has 23 heavy (non-hydrogen) atoms. The number of halogens is 1. The third-order valence-corrected chi connectivity index (χ3v) is 3.90. The van der Waals surface area contributed by atoms with Gasteiger partial charge in [-0.15, -0.1) is 0 Å². The molecule has 0 saturated heterocycles. The van der Waals surface area contributed by atoms with Crippen molar-refractivity contribution >= 4 is 27.8 Å². The Balaban J connectivity index is 1.88. The van der Waals surface area contributed by atoms with Crippen LogP contribution >= 0.6 is 0 Å². The maximum atomic E-state index is 13.3. The largest absolute Gasteiger partial charge is 0.368 e. The van der Waals surface area contributed by atoms with E-state index in [-0.39, 0.29) is 12.4 Å². The minimum Gasteiger partial charge on any atom is -0.368 e. The van der Waals surface area contributed by atoms with E-state index < -0.39 is 5.91 Å². The van der Waals surface area contributed by atoms with E-state index in [4.69, 9.17) is 5.73 Å². The molecule has 4 rings (SSSR count). The molecule has 0 aliphatic carbocycles. The normalized spacial score (nSPS) is 11.3. The van der Waals surface area contributed by atoms with E-state index in [0.29, 0.717) is 0 Å². The molecule has 2 heterocycles. The summed E-state index contributed by atoms with van der Waals surface area (Å²) in [5.74, 6) is -0.696. The lowest BCUT2D eigenvalue weighted by Crippen LogP contribution is -2.17. The third kappa shape index (κ3) is 2.24. The Hall–Kier alpha value is -3.15. The van der Waals surface area contributed by atoms with Crippen LogP contribution in [-0.4, -0.2) is 20.4 Å². The van der Waals surface area contributed by atoms with Gasteiger partial charge in [-0.25, -0.2) is 9.37 Å². The second-order valence-electron chi connectivity index (χ2n) is 5.43. The summed E-state index contributed by atoms with van der Waals surface area (Å²) < 4.78 is 15.0. The van der Waals surface area contributed by atoms with Crippen molar-refractivity contribution in [1.29, 1.82) is 0 Å². The van der Waals surface area contributed by atoms with Crippen molar-refractivity contribution in [2.45, 2.75) is 6.54 Å². The molecule has 0 atom stereocenters. The van der Waals surface area contributed by atoms with Gasteiger partial charge in [0.25, 0.3) is 0 Å². The maximum absolute atomic E-state index is 13.3. The van der Waals surface area contributed by atoms with Crippen LogP contribution in [0.1, 0.15) is 0 Å². The maximum Gasteiger partial charge on any atom is 0.237 e. The Kier molecular flexibility index (Phi) is 2.90. The number of nitrogens with one attached hydrogen (secondary N) is 1. The number of carbonyl (C=O) groups is 1. The monoisotopic (exact) mass is 308 g/mol. The number of amides is 1. The number of aromatic amines is 1. The van der Waals surface area contributed by atoms with Crippen LogP contribution in [-0.2, 0) is 11.3 Å². The average Bonchev–Trinajstić information content (AvgIpc) is 3.10. The Bertz CT molecular complexity index is 1050. The quantitative estimate of drug-likeness (QED) is 0.610. The average molecular weight is 308 g/mol. The molecule has 0 spiro atoms. The number of imidazole rings is 1. The van der Waals surface area contributed by atoms with Crippen LogP contribution in [0.25, 0.3) is 33.1 Å². The Labute approximate surface area is 130 Å². The number of fused-ring (bicyclic) bond motifs is 2. The number of aromatic nitrogens is 3. The van der Waals surface area contributed by atoms with Crippen LogP contribution < -0.4 is 5.73 Å². The topological polar surface area (TPSA) is 76.7 Å². The Morgan fingerprint density at radius 2 is 2.13 bits per heavy atom. The van der Waals surface area contributed by atoms with Gasteiger partial charge in [-0.3, -0.25) is 4.79 Å². The summed E-state index contributed by atoms with van der Waals surface area (Å²) in [5.41, 5.74) is 9.56. The van der Waals surface area contributed by atoms with Gasteiger partial charge in [0.1, 0.15) is 12.4 Å². The fourth-order valence-electron chi connectivity index (χ4n) is 2.86. The predicted molar refractivity (Wildman–Crippen MR) is 86.2 cm³/mol. The third-order valence-electron chi connectivity index (χ3n) is 3.90. The number of primary amides is 1. The first-order valence-electron chi connectivity index (χ1n) is 7.12. The molecule has 4 aromatic rings. The van der Waals surface area contributed by atoms with Crippen molar-refractivity contribution in [2.24, 2.45) is 5.73 Å². The lowest BCUT2D eigenvalue weighted by atomic mass is 10.0. The second kappa shape index (κ2) is 4.95. The van der Waals surface area contributed by atoms with Crippen molar-refractivity contribution < 1.29 is 9.18 Å². The molecule has 2 aromatic carbocycles. The number of rotatable bonds is 3. The molecule has 0 bridgehead atoms. The molecule has 6 heteroatoms. The van der Waals surface area contributed by atoms with E-state index in [1.165, 1.54) is 12.1 Å². The number of H-pyrrole nitrogens is 1. The van der Waals surface area contributed by atoms with Crippen molar-refractivity contribution in [2.75, 3.05) is 0 Å². The van der Waals surface area contributed by atoms with Crippen molar-refractivity contribution in [1.82, 2.24) is 14.5 Å². The van der Waals surface area contributed by atoms with Gasteiger partial charge >= 0.3 is 0 Å². The van der Waals surface area contributed by atoms with E-state index in [1.54, 1.807) is 17.0 Å². The summed E-state index contributed by atoms with van der Waals surface area (Å²) in [7, 11) is 0. The molecule has 0 unspecified atom stereocenters. The van der Waals surface area contributed by atoms with E-state index in [2.05, 4.69) is 9.97 Å². The first-order valence-corrected chi connectivity index (χ1v) is 7.12. The fourth-order valence-corrected chi connectivity index (χ4v) is 2.86. The highest BCUT2D eigenvalue weighted by atomic mass is 19.1. The van der Waals surface area contributed by atoms with E-state index in [9.17, 15) is 9.18 Å². The predicted octanol–water partition coefficient (Wildman–Crippen LogP) is 2.81. The van der Waals surface area contributed by atoms with Crippen LogP contribution in [0, 0.1) is 5.82 Å². The molecule has 0 radical (unpaired) electrons. The van der Waals surface area contributed by atoms with Crippen LogP contribution in [0.2, 0.25) is 0 Å². The molecular formula is C17H13FN4O. The second-order valence-corrected chi connectivity index (χ2v) is 5.43. The van der Waals surface area contributed by atoms with Gasteiger partial charge in [0.2, 0.25) is 5.91 Å². The molecule has 3 N–H and O–H groups in total. The molecule has 0 aliphatic heterocycles. The standard InChI is InChI=1S/C17H13FN4O/c18-11-2-3-12-13(7-20-15(12)6-11)10-1-4-14-16(5-10)22(9-21-14)8-17(19)23/h1-7,9,20H,8H2,(H2,19,23). The van der Waals surface area contributed by atoms with Crippen molar-refractivity contribution in [3.05, 3.63) is 54.7 Å². The van der Waals surface area contributed by atoms with Crippen LogP contribution in [0.4, 0.5) is 4.39 Å². The summed E-state index contributed by atoms with van der Waals surface area (Å²) in [6.07, 6.45) is 3.45. The smallest absolute Gasteiger partial charge is 0.237 e. The fraction of sp³-hybridized carbons (Fsp3) is 0.0588. The van der Waals surface area contributed by atoms with Crippen LogP contribution in [0.5, 0.6) is 0 Å². The number of nitrogens with zero attached hydrogens (tertiary/aromatic N) is 2. The van der Waals surface area contributed by atoms with Gasteiger partial charge in [-0.05, 0) is 35.9 Å². The summed E-state index contributed by atoms with van der Waals surface area (Å²) >= 11 is 0. The van der Waals surface area contributed by atoms with E-state index in [0.717, 1.165) is 33.1 Å². The summed E-state index contributed by atoms with van der Waals surface area (Å²) in [6, 6.07) is 10.5. The highest BCUT2D eigenvalue weighted by Gasteiger charge is 2.10. The molecule has 0 aliphatic rings. The van der Waals surface area contributed by atoms with Crippen molar-refractivity contribution in [3.8, 4) is 11.1 Å². The SMILES string of the molecule is NC(=O)Cn1cnc2ccc(-c3c[nH]c4cc(F)ccc34)cc21. The van der Waals surface area contributed by atoms with E-state index in [1.807, 2.05) is 24.4 Å². The highest BCUT2D eigenvalue weighted by Crippen LogP contribution is 2.30. The van der Waals surface area contributed by atoms with Crippen LogP contribution in [0.3, 0.4) is 0 Å². The van der Waals surface area contributed by atoms with Crippen molar-refractivity contribution in [3.63, 3.8) is 0 Å². The lowest BCUT2D eigenvalue weighted by molar-refractivity contribution is -0.118. The minimum absolute atomic E-state index is 0.0824. The molecule has 2 aromatic heterocycles. The zero-order valence-corrected chi connectivity index (χ0v) is 12.1. The molecule has 5 nitrogen and oxygen atoms in total. The van der Waals surface area contributed by atoms with Gasteiger partial charge in [-0.2, -0.15) is 0 Å². The molecule has 114 valence electrons. The van der Waals surface area contributed by atoms with E-state index >= 15 is 0 Å². The molecule has 0 saturated carbocycles. The van der Waals surface area contributed by atoms with Gasteiger partial charge in [0.15, 0.2) is 0 Å². The lowest BCUT2D eigenvalue weighted by Gasteiger charge is -2.04. The zero-order valence-electron chi connectivity index (χ0n) is 12.1. The van der Waals surface area contributed by atoms with Crippen LogP contribution in [0.15, 0.2) is 48.9 Å². The number of hydrogen-bond donors (Lipinski definition) is 2. The zero-order chi connectivity index (χ0) is 16.0. The first-order chi connectivity index (χ1) is 11.1. The van der Waals surface area contributed by atoms with Gasteiger partial charge in [0, 0.05) is 22.7 Å². The Morgan fingerprint density at radius 1 is 1.26 bits per heavy atom. The molecule has 1 amide bonds. The van der Waals surface area contributed by atoms with Gasteiger partial charge < -0.3 is 15.3 Å². The highest BCUT2D eigenvalue weighted by molar-refractivity contribution is 5.97. The summed E-state index contributed by atoms with van der Waals surface area (Å²) in [5, 5.41) is 0.937. The molecular weight excluding hydrogens is 295 g/mol. The van der Waals surface area contributed by atoms with Gasteiger partial charge in [-0.1, -0.05) is 6.07 Å². The number of benzene rings is 2. The first kappa shape index (κ1) is 13.5. The summed E-state index contributed by atoms with van der Waals surface area (Å²) in [6.45, 7) is 0.0824. The number of nitrogens with two attached hydrogens (primary N) is 1.